The van der Waals surface area contributed by atoms with Gasteiger partial charge in [0, 0.05) is 29.8 Å². The predicted molar refractivity (Wildman–Crippen MR) is 202 cm³/mol. The van der Waals surface area contributed by atoms with Gasteiger partial charge in [-0.2, -0.15) is 0 Å². The molecule has 0 aliphatic carbocycles. The molecule has 0 N–H and O–H groups in total. The Morgan fingerprint density at radius 2 is 0.878 bits per heavy atom. The van der Waals surface area contributed by atoms with Crippen molar-refractivity contribution < 1.29 is 4.79 Å². The molecule has 1 radical (unpaired) electrons. The summed E-state index contributed by atoms with van der Waals surface area (Å²) in [5, 5.41) is 0. The van der Waals surface area contributed by atoms with E-state index < -0.39 is 0 Å². The predicted octanol–water partition coefficient (Wildman–Crippen LogP) is 10.5. The van der Waals surface area contributed by atoms with Crippen LogP contribution in [0.2, 0.25) is 0 Å². The molecule has 1 fully saturated rings. The van der Waals surface area contributed by atoms with Gasteiger partial charge in [-0.1, -0.05) is 152 Å². The molecule has 6 heteroatoms. The molecule has 1 saturated heterocycles. The fourth-order valence-electron chi connectivity index (χ4n) is 6.83. The Morgan fingerprint density at radius 1 is 0.490 bits per heavy atom. The Bertz CT molecular complexity index is 1810. The molecule has 1 aliphatic heterocycles. The molecule has 6 rings (SSSR count). The summed E-state index contributed by atoms with van der Waals surface area (Å²) in [6.07, 6.45) is 1.04. The van der Waals surface area contributed by atoms with Crippen molar-refractivity contribution in [1.82, 2.24) is 15.0 Å². The van der Waals surface area contributed by atoms with Gasteiger partial charge in [0.05, 0.1) is 5.69 Å². The Morgan fingerprint density at radius 3 is 1.29 bits per heavy atom. The fraction of sp³-hybridized carbons (Fsp3) is 0.326. The second-order valence-electron chi connectivity index (χ2n) is 14.2. The first-order chi connectivity index (χ1) is 23.6. The highest BCUT2D eigenvalue weighted by atomic mass is 16.2. The fourth-order valence-corrected chi connectivity index (χ4v) is 6.83. The van der Waals surface area contributed by atoms with E-state index in [0.717, 1.165) is 33.6 Å². The molecular weight excluding hydrogens is 603 g/mol. The van der Waals surface area contributed by atoms with Crippen LogP contribution in [-0.2, 0) is 4.79 Å². The quantitative estimate of drug-likeness (QED) is 0.159. The molecular formula is C43H48N5O. The van der Waals surface area contributed by atoms with E-state index in [4.69, 9.17) is 15.0 Å². The van der Waals surface area contributed by atoms with Crippen LogP contribution in [0, 0.1) is 6.17 Å². The van der Waals surface area contributed by atoms with E-state index in [0.29, 0.717) is 36.6 Å². The molecule has 1 amide bonds. The summed E-state index contributed by atoms with van der Waals surface area (Å²) < 4.78 is 0. The first-order valence-electron chi connectivity index (χ1n) is 17.7. The maximum atomic E-state index is 14.7. The van der Waals surface area contributed by atoms with Crippen LogP contribution in [-0.4, -0.2) is 27.4 Å². The highest BCUT2D eigenvalue weighted by Crippen LogP contribution is 2.46. The zero-order valence-corrected chi connectivity index (χ0v) is 30.1. The molecule has 1 aliphatic rings. The maximum absolute atomic E-state index is 14.7. The lowest BCUT2D eigenvalue weighted by Crippen LogP contribution is -2.53. The van der Waals surface area contributed by atoms with Gasteiger partial charge in [0.2, 0.25) is 12.1 Å². The summed E-state index contributed by atoms with van der Waals surface area (Å²) in [4.78, 5) is 34.4. The van der Waals surface area contributed by atoms with Gasteiger partial charge in [0.1, 0.15) is 0 Å². The van der Waals surface area contributed by atoms with Crippen LogP contribution in [0.4, 0.5) is 11.4 Å². The van der Waals surface area contributed by atoms with Crippen LogP contribution < -0.4 is 9.80 Å². The first kappa shape index (κ1) is 34.0. The summed E-state index contributed by atoms with van der Waals surface area (Å²) in [5.74, 6) is 2.53. The molecule has 6 nitrogen and oxygen atoms in total. The normalized spacial score (nSPS) is 14.2. The minimum Gasteiger partial charge on any atom is -0.337 e. The molecule has 0 bridgehead atoms. The summed E-state index contributed by atoms with van der Waals surface area (Å²) >= 11 is 0. The average molecular weight is 651 g/mol. The number of hydrogen-bond donors (Lipinski definition) is 0. The van der Waals surface area contributed by atoms with Crippen LogP contribution in [0.15, 0.2) is 97.1 Å². The monoisotopic (exact) mass is 650 g/mol. The van der Waals surface area contributed by atoms with Gasteiger partial charge >= 0.3 is 0 Å². The van der Waals surface area contributed by atoms with Gasteiger partial charge in [-0.25, -0.2) is 15.0 Å². The topological polar surface area (TPSA) is 62.2 Å². The molecule has 2 heterocycles. The van der Waals surface area contributed by atoms with Crippen molar-refractivity contribution in [2.45, 2.75) is 85.5 Å². The van der Waals surface area contributed by atoms with E-state index in [-0.39, 0.29) is 29.6 Å². The molecule has 0 unspecified atom stereocenters. The SMILES string of the molecule is CC(C)c1cccc(C(C)C)c1N1CCC(=O)N(c2c(C(C)C)cccc2C(C)C)[C]1c1nc(-c2ccccc2)nc(-c2ccccc2)n1. The molecule has 0 saturated carbocycles. The Kier molecular flexibility index (Phi) is 9.96. The van der Waals surface area contributed by atoms with Crippen LogP contribution in [0.5, 0.6) is 0 Å². The number of amides is 1. The smallest absolute Gasteiger partial charge is 0.232 e. The van der Waals surface area contributed by atoms with E-state index in [1.54, 1.807) is 0 Å². The molecule has 5 aromatic rings. The molecule has 1 aromatic heterocycles. The lowest BCUT2D eigenvalue weighted by atomic mass is 9.89. The Labute approximate surface area is 292 Å². The van der Waals surface area contributed by atoms with Crippen LogP contribution in [0.25, 0.3) is 22.8 Å². The Balaban J connectivity index is 1.72. The molecule has 0 atom stereocenters. The van der Waals surface area contributed by atoms with E-state index >= 15 is 0 Å². The molecule has 4 aromatic carbocycles. The van der Waals surface area contributed by atoms with Crippen molar-refractivity contribution >= 4 is 17.3 Å². The lowest BCUT2D eigenvalue weighted by molar-refractivity contribution is -0.118. The van der Waals surface area contributed by atoms with Gasteiger partial charge in [-0.05, 0) is 45.9 Å². The highest BCUT2D eigenvalue weighted by Gasteiger charge is 2.44. The summed E-state index contributed by atoms with van der Waals surface area (Å²) in [6.45, 7) is 18.3. The number of hydrogen-bond acceptors (Lipinski definition) is 5. The van der Waals surface area contributed by atoms with Crippen molar-refractivity contribution in [3.8, 4) is 22.8 Å². The number of anilines is 2. The second-order valence-corrected chi connectivity index (χ2v) is 14.2. The number of nitrogens with zero attached hydrogens (tertiary/aromatic N) is 5. The van der Waals surface area contributed by atoms with E-state index in [2.05, 4.69) is 96.7 Å². The largest absolute Gasteiger partial charge is 0.337 e. The number of aromatic nitrogens is 3. The standard InChI is InChI=1S/C43H48N5O/c1-27(2)33-21-15-22-34(28(3)4)38(33)47-26-25-37(49)48(39-35(29(5)6)23-16-24-36(39)30(7)8)43(47)42-45-40(31-17-11-9-12-18-31)44-41(46-42)32-19-13-10-14-20-32/h9-24,27-30H,25-26H2,1-8H3. The zero-order valence-electron chi connectivity index (χ0n) is 30.1. The average Bonchev–Trinajstić information content (AvgIpc) is 3.11. The third-order valence-electron chi connectivity index (χ3n) is 9.34. The number of carbonyl (C=O) groups excluding carboxylic acids is 1. The van der Waals surface area contributed by atoms with Gasteiger partial charge < -0.3 is 4.90 Å². The minimum absolute atomic E-state index is 0.0392. The molecule has 251 valence electrons. The van der Waals surface area contributed by atoms with Gasteiger partial charge in [0.15, 0.2) is 17.5 Å². The number of rotatable bonds is 9. The van der Waals surface area contributed by atoms with Gasteiger partial charge in [0.25, 0.3) is 0 Å². The number of para-hydroxylation sites is 2. The summed E-state index contributed by atoms with van der Waals surface area (Å²) in [5.41, 5.74) is 8.57. The van der Waals surface area contributed by atoms with Crippen LogP contribution >= 0.6 is 0 Å². The van der Waals surface area contributed by atoms with Crippen molar-refractivity contribution in [2.24, 2.45) is 0 Å². The zero-order chi connectivity index (χ0) is 34.8. The van der Waals surface area contributed by atoms with Crippen molar-refractivity contribution in [2.75, 3.05) is 16.3 Å². The van der Waals surface area contributed by atoms with Gasteiger partial charge in [-0.3, -0.25) is 9.69 Å². The van der Waals surface area contributed by atoms with Crippen LogP contribution in [0.3, 0.4) is 0 Å². The van der Waals surface area contributed by atoms with E-state index in [1.165, 1.54) is 11.1 Å². The molecule has 49 heavy (non-hydrogen) atoms. The third kappa shape index (κ3) is 6.74. The maximum Gasteiger partial charge on any atom is 0.232 e. The first-order valence-corrected chi connectivity index (χ1v) is 17.7. The highest BCUT2D eigenvalue weighted by molar-refractivity contribution is 6.01. The lowest BCUT2D eigenvalue weighted by Gasteiger charge is -2.46. The van der Waals surface area contributed by atoms with E-state index in [1.807, 2.05) is 65.6 Å². The van der Waals surface area contributed by atoms with Gasteiger partial charge in [-0.15, -0.1) is 0 Å². The summed E-state index contributed by atoms with van der Waals surface area (Å²) in [6, 6.07) is 33.1. The summed E-state index contributed by atoms with van der Waals surface area (Å²) in [7, 11) is 0. The van der Waals surface area contributed by atoms with Crippen molar-refractivity contribution in [3.63, 3.8) is 0 Å². The second kappa shape index (κ2) is 14.3. The van der Waals surface area contributed by atoms with Crippen LogP contribution in [0.1, 0.15) is 114 Å². The van der Waals surface area contributed by atoms with E-state index in [9.17, 15) is 4.79 Å². The van der Waals surface area contributed by atoms with Crippen molar-refractivity contribution in [3.05, 3.63) is 131 Å². The van der Waals surface area contributed by atoms with Crippen molar-refractivity contribution in [1.29, 1.82) is 0 Å². The molecule has 0 spiro atoms. The number of carbonyl (C=O) groups is 1. The third-order valence-corrected chi connectivity index (χ3v) is 9.34. The Hall–Kier alpha value is -4.84. The minimum atomic E-state index is 0.0392. The number of benzene rings is 4.